The number of hydrogen-bond donors (Lipinski definition) is 1. The number of fused-ring (bicyclic) bond motifs is 1. The van der Waals surface area contributed by atoms with Gasteiger partial charge in [-0.3, -0.25) is 9.59 Å². The second-order valence-electron chi connectivity index (χ2n) is 6.75. The van der Waals surface area contributed by atoms with Gasteiger partial charge in [0, 0.05) is 17.0 Å². The molecule has 0 bridgehead atoms. The Morgan fingerprint density at radius 1 is 1.17 bits per heavy atom. The average molecular weight is 395 g/mol. The van der Waals surface area contributed by atoms with E-state index in [9.17, 15) is 9.59 Å². The van der Waals surface area contributed by atoms with Gasteiger partial charge in [0.15, 0.2) is 0 Å². The van der Waals surface area contributed by atoms with Gasteiger partial charge in [-0.25, -0.2) is 4.68 Å². The summed E-state index contributed by atoms with van der Waals surface area (Å²) in [5.41, 5.74) is 0.575. The number of ether oxygens (including phenoxy) is 2. The maximum atomic E-state index is 12.7. The molecule has 1 heterocycles. The van der Waals surface area contributed by atoms with Gasteiger partial charge >= 0.3 is 0 Å². The highest BCUT2D eigenvalue weighted by atomic mass is 16.5. The van der Waals surface area contributed by atoms with Crippen molar-refractivity contribution in [2.24, 2.45) is 0 Å². The molecule has 0 radical (unpaired) electrons. The van der Waals surface area contributed by atoms with Crippen molar-refractivity contribution in [3.05, 3.63) is 64.6 Å². The molecule has 0 spiro atoms. The van der Waals surface area contributed by atoms with Gasteiger partial charge in [0.2, 0.25) is 5.91 Å². The van der Waals surface area contributed by atoms with Crippen molar-refractivity contribution in [3.63, 3.8) is 0 Å². The summed E-state index contributed by atoms with van der Waals surface area (Å²) < 4.78 is 12.0. The zero-order valence-corrected chi connectivity index (χ0v) is 16.8. The largest absolute Gasteiger partial charge is 0.497 e. The molecule has 1 N–H and O–H groups in total. The Hall–Kier alpha value is -3.35. The van der Waals surface area contributed by atoms with E-state index in [4.69, 9.17) is 9.47 Å². The van der Waals surface area contributed by atoms with Crippen LogP contribution in [0.25, 0.3) is 10.8 Å². The van der Waals surface area contributed by atoms with Gasteiger partial charge in [-0.1, -0.05) is 25.1 Å². The van der Waals surface area contributed by atoms with E-state index >= 15 is 0 Å². The molecular weight excluding hydrogens is 370 g/mol. The molecule has 1 aromatic heterocycles. The monoisotopic (exact) mass is 395 g/mol. The highest BCUT2D eigenvalue weighted by molar-refractivity contribution is 5.80. The number of carbonyl (C=O) groups excluding carboxylic acids is 1. The summed E-state index contributed by atoms with van der Waals surface area (Å²) >= 11 is 0. The van der Waals surface area contributed by atoms with Crippen molar-refractivity contribution in [3.8, 4) is 11.5 Å². The molecule has 1 atom stereocenters. The summed E-state index contributed by atoms with van der Waals surface area (Å²) in [6.45, 7) is 2.27. The SMILES string of the molecule is CC[C@H](Cn1ncc2ccccc2c1=O)NC(=O)Cc1cc(OC)ccc1OC. The summed E-state index contributed by atoms with van der Waals surface area (Å²) in [4.78, 5) is 25.3. The van der Waals surface area contributed by atoms with E-state index in [1.807, 2.05) is 25.1 Å². The summed E-state index contributed by atoms with van der Waals surface area (Å²) in [6, 6.07) is 12.5. The Labute approximate surface area is 169 Å². The third-order valence-corrected chi connectivity index (χ3v) is 4.85. The number of amides is 1. The summed E-state index contributed by atoms with van der Waals surface area (Å²) in [5.74, 6) is 1.13. The van der Waals surface area contributed by atoms with Crippen molar-refractivity contribution in [2.45, 2.75) is 32.4 Å². The molecule has 152 valence electrons. The van der Waals surface area contributed by atoms with Crippen molar-refractivity contribution >= 4 is 16.7 Å². The number of benzene rings is 2. The Bertz CT molecular complexity index is 1060. The molecule has 3 rings (SSSR count). The number of nitrogens with one attached hydrogen (secondary N) is 1. The molecular formula is C22H25N3O4. The minimum absolute atomic E-state index is 0.150. The third kappa shape index (κ3) is 4.74. The van der Waals surface area contributed by atoms with Gasteiger partial charge < -0.3 is 14.8 Å². The van der Waals surface area contributed by atoms with Gasteiger partial charge in [0.05, 0.1) is 38.8 Å². The Kier molecular flexibility index (Phi) is 6.49. The number of aromatic nitrogens is 2. The van der Waals surface area contributed by atoms with Gasteiger partial charge in [-0.05, 0) is 30.7 Å². The minimum atomic E-state index is -0.217. The zero-order chi connectivity index (χ0) is 20.8. The van der Waals surface area contributed by atoms with Crippen LogP contribution in [0.3, 0.4) is 0 Å². The van der Waals surface area contributed by atoms with Crippen molar-refractivity contribution in [1.82, 2.24) is 15.1 Å². The fraction of sp³-hybridized carbons (Fsp3) is 0.318. The van der Waals surface area contributed by atoms with Crippen molar-refractivity contribution in [2.75, 3.05) is 14.2 Å². The molecule has 7 heteroatoms. The van der Waals surface area contributed by atoms with Crippen LogP contribution in [0.1, 0.15) is 18.9 Å². The average Bonchev–Trinajstić information content (AvgIpc) is 2.75. The topological polar surface area (TPSA) is 82.5 Å². The van der Waals surface area contributed by atoms with E-state index < -0.39 is 0 Å². The molecule has 2 aromatic carbocycles. The van der Waals surface area contributed by atoms with Crippen LogP contribution in [-0.4, -0.2) is 35.9 Å². The maximum Gasteiger partial charge on any atom is 0.274 e. The zero-order valence-electron chi connectivity index (χ0n) is 16.8. The lowest BCUT2D eigenvalue weighted by atomic mass is 10.1. The first-order valence-electron chi connectivity index (χ1n) is 9.50. The van der Waals surface area contributed by atoms with Crippen molar-refractivity contribution < 1.29 is 14.3 Å². The van der Waals surface area contributed by atoms with Gasteiger partial charge in [-0.2, -0.15) is 5.10 Å². The van der Waals surface area contributed by atoms with Crippen LogP contribution < -0.4 is 20.3 Å². The molecule has 0 unspecified atom stereocenters. The Morgan fingerprint density at radius 3 is 2.69 bits per heavy atom. The fourth-order valence-corrected chi connectivity index (χ4v) is 3.22. The normalized spacial score (nSPS) is 11.8. The lowest BCUT2D eigenvalue weighted by Gasteiger charge is -2.18. The quantitative estimate of drug-likeness (QED) is 0.634. The van der Waals surface area contributed by atoms with E-state index in [0.29, 0.717) is 29.9 Å². The number of nitrogens with zero attached hydrogens (tertiary/aromatic N) is 2. The number of methoxy groups -OCH3 is 2. The lowest BCUT2D eigenvalue weighted by Crippen LogP contribution is -2.41. The minimum Gasteiger partial charge on any atom is -0.497 e. The van der Waals surface area contributed by atoms with Crippen LogP contribution in [-0.2, 0) is 17.8 Å². The van der Waals surface area contributed by atoms with Crippen LogP contribution in [0.4, 0.5) is 0 Å². The van der Waals surface area contributed by atoms with E-state index in [1.165, 1.54) is 4.68 Å². The van der Waals surface area contributed by atoms with Gasteiger partial charge in [0.1, 0.15) is 11.5 Å². The van der Waals surface area contributed by atoms with E-state index in [-0.39, 0.29) is 23.9 Å². The molecule has 0 saturated heterocycles. The predicted octanol–water partition coefficient (Wildman–Crippen LogP) is 2.55. The molecule has 7 nitrogen and oxygen atoms in total. The molecule has 0 aliphatic carbocycles. The van der Waals surface area contributed by atoms with Crippen LogP contribution >= 0.6 is 0 Å². The second-order valence-corrected chi connectivity index (χ2v) is 6.75. The first-order valence-corrected chi connectivity index (χ1v) is 9.50. The number of hydrogen-bond acceptors (Lipinski definition) is 5. The highest BCUT2D eigenvalue weighted by Crippen LogP contribution is 2.24. The third-order valence-electron chi connectivity index (χ3n) is 4.85. The van der Waals surface area contributed by atoms with E-state index in [1.54, 1.807) is 44.7 Å². The molecule has 0 aliphatic heterocycles. The van der Waals surface area contributed by atoms with Gasteiger partial charge in [0.25, 0.3) is 5.56 Å². The van der Waals surface area contributed by atoms with Crippen LogP contribution in [0.2, 0.25) is 0 Å². The molecule has 0 fully saturated rings. The standard InChI is InChI=1S/C22H25N3O4/c1-4-17(14-25-22(27)19-8-6-5-7-15(19)13-23-25)24-21(26)12-16-11-18(28-2)9-10-20(16)29-3/h5-11,13,17H,4,12,14H2,1-3H3,(H,24,26)/t17-/m1/s1. The Morgan fingerprint density at radius 2 is 1.97 bits per heavy atom. The van der Waals surface area contributed by atoms with Crippen LogP contribution in [0.5, 0.6) is 11.5 Å². The van der Waals surface area contributed by atoms with Crippen LogP contribution in [0.15, 0.2) is 53.5 Å². The maximum absolute atomic E-state index is 12.7. The summed E-state index contributed by atoms with van der Waals surface area (Å²) in [7, 11) is 3.14. The molecule has 0 saturated carbocycles. The number of rotatable bonds is 8. The predicted molar refractivity (Wildman–Crippen MR) is 111 cm³/mol. The fourth-order valence-electron chi connectivity index (χ4n) is 3.22. The Balaban J connectivity index is 1.73. The van der Waals surface area contributed by atoms with E-state index in [0.717, 1.165) is 10.9 Å². The smallest absolute Gasteiger partial charge is 0.274 e. The van der Waals surface area contributed by atoms with E-state index in [2.05, 4.69) is 10.4 Å². The van der Waals surface area contributed by atoms with Gasteiger partial charge in [-0.15, -0.1) is 0 Å². The highest BCUT2D eigenvalue weighted by Gasteiger charge is 2.16. The molecule has 0 aliphatic rings. The summed E-state index contributed by atoms with van der Waals surface area (Å²) in [6.07, 6.45) is 2.49. The molecule has 29 heavy (non-hydrogen) atoms. The first-order chi connectivity index (χ1) is 14.0. The second kappa shape index (κ2) is 9.23. The first kappa shape index (κ1) is 20.4. The molecule has 1 amide bonds. The lowest BCUT2D eigenvalue weighted by molar-refractivity contribution is -0.121. The van der Waals surface area contributed by atoms with Crippen LogP contribution in [0, 0.1) is 0 Å². The van der Waals surface area contributed by atoms with Crippen molar-refractivity contribution in [1.29, 1.82) is 0 Å². The molecule has 3 aromatic rings. The summed E-state index contributed by atoms with van der Waals surface area (Å²) in [5, 5.41) is 8.66. The number of carbonyl (C=O) groups is 1.